The Balaban J connectivity index is 1.63. The summed E-state index contributed by atoms with van der Waals surface area (Å²) < 4.78 is 19.8. The number of aromatic nitrogens is 2. The van der Waals surface area contributed by atoms with Gasteiger partial charge < -0.3 is 9.64 Å². The fourth-order valence-electron chi connectivity index (χ4n) is 3.71. The number of nitrogens with one attached hydrogen (secondary N) is 1. The van der Waals surface area contributed by atoms with Gasteiger partial charge in [0.2, 0.25) is 0 Å². The van der Waals surface area contributed by atoms with Crippen LogP contribution in [0.1, 0.15) is 52.8 Å². The molecule has 2 aromatic rings. The Labute approximate surface area is 139 Å². The van der Waals surface area contributed by atoms with E-state index in [-0.39, 0.29) is 23.9 Å². The van der Waals surface area contributed by atoms with Crippen LogP contribution < -0.4 is 0 Å². The van der Waals surface area contributed by atoms with Crippen molar-refractivity contribution in [3.8, 4) is 0 Å². The predicted molar refractivity (Wildman–Crippen MR) is 86.1 cm³/mol. The van der Waals surface area contributed by atoms with E-state index in [4.69, 9.17) is 4.74 Å². The van der Waals surface area contributed by atoms with Crippen LogP contribution in [0.2, 0.25) is 0 Å². The molecule has 1 amide bonds. The average molecular weight is 329 g/mol. The summed E-state index contributed by atoms with van der Waals surface area (Å²) in [6.07, 6.45) is 1.28. The molecule has 4 rings (SSSR count). The second-order valence-corrected chi connectivity index (χ2v) is 6.61. The summed E-state index contributed by atoms with van der Waals surface area (Å²) in [6, 6.07) is 5.10. The topological polar surface area (TPSA) is 58.2 Å². The van der Waals surface area contributed by atoms with Gasteiger partial charge in [-0.3, -0.25) is 9.89 Å². The molecule has 2 aliphatic heterocycles. The van der Waals surface area contributed by atoms with Gasteiger partial charge in [-0.2, -0.15) is 5.10 Å². The Morgan fingerprint density at radius 2 is 2.21 bits per heavy atom. The first-order chi connectivity index (χ1) is 11.5. The van der Waals surface area contributed by atoms with E-state index in [1.54, 1.807) is 11.0 Å². The van der Waals surface area contributed by atoms with E-state index >= 15 is 0 Å². The summed E-state index contributed by atoms with van der Waals surface area (Å²) in [5.74, 6) is -0.382. The number of carbonyl (C=O) groups is 1. The molecule has 0 fully saturated rings. The van der Waals surface area contributed by atoms with Gasteiger partial charge in [0.15, 0.2) is 5.69 Å². The lowest BCUT2D eigenvalue weighted by Crippen LogP contribution is -2.37. The van der Waals surface area contributed by atoms with Crippen molar-refractivity contribution in [2.24, 2.45) is 0 Å². The van der Waals surface area contributed by atoms with E-state index in [9.17, 15) is 9.18 Å². The average Bonchev–Trinajstić information content (AvgIpc) is 2.98. The van der Waals surface area contributed by atoms with Crippen LogP contribution in [0.15, 0.2) is 18.2 Å². The smallest absolute Gasteiger partial charge is 0.274 e. The lowest BCUT2D eigenvalue weighted by Gasteiger charge is -2.30. The Bertz CT molecular complexity index is 802. The number of benzene rings is 1. The summed E-state index contributed by atoms with van der Waals surface area (Å²) in [5, 5.41) is 7.20. The number of rotatable bonds is 1. The normalized spacial score (nSPS) is 22.9. The molecule has 1 aromatic carbocycles. The minimum atomic E-state index is -0.246. The number of aromatic amines is 1. The maximum Gasteiger partial charge on any atom is 0.274 e. The van der Waals surface area contributed by atoms with Crippen LogP contribution in [0, 0.1) is 5.82 Å². The number of carbonyl (C=O) groups excluding carboxylic acids is 1. The SMILES string of the molecule is C[C@@H]1Cc2c(C(=O)N3CCc4cccc(F)c4C3)n[nH]c2[C@H](C)O1. The molecule has 1 N–H and O–H groups in total. The summed E-state index contributed by atoms with van der Waals surface area (Å²) in [5.41, 5.74) is 3.86. The van der Waals surface area contributed by atoms with Crippen molar-refractivity contribution in [1.29, 1.82) is 0 Å². The maximum absolute atomic E-state index is 14.1. The predicted octanol–water partition coefficient (Wildman–Crippen LogP) is 2.77. The van der Waals surface area contributed by atoms with Crippen LogP contribution in [0.5, 0.6) is 0 Å². The Morgan fingerprint density at radius 3 is 3.04 bits per heavy atom. The van der Waals surface area contributed by atoms with Gasteiger partial charge >= 0.3 is 0 Å². The molecule has 0 unspecified atom stereocenters. The molecule has 0 spiro atoms. The number of hydrogen-bond donors (Lipinski definition) is 1. The van der Waals surface area contributed by atoms with E-state index in [1.807, 2.05) is 19.9 Å². The number of fused-ring (bicyclic) bond motifs is 2. The molecule has 2 atom stereocenters. The van der Waals surface area contributed by atoms with Crippen molar-refractivity contribution >= 4 is 5.91 Å². The van der Waals surface area contributed by atoms with Gasteiger partial charge in [-0.15, -0.1) is 0 Å². The van der Waals surface area contributed by atoms with Crippen LogP contribution in [0.4, 0.5) is 4.39 Å². The van der Waals surface area contributed by atoms with Crippen LogP contribution in [-0.2, 0) is 24.1 Å². The monoisotopic (exact) mass is 329 g/mol. The van der Waals surface area contributed by atoms with Crippen molar-refractivity contribution < 1.29 is 13.9 Å². The maximum atomic E-state index is 14.1. The third-order valence-electron chi connectivity index (χ3n) is 4.94. The first kappa shape index (κ1) is 15.3. The van der Waals surface area contributed by atoms with Gasteiger partial charge in [0.1, 0.15) is 5.82 Å². The molecule has 24 heavy (non-hydrogen) atoms. The van der Waals surface area contributed by atoms with Crippen molar-refractivity contribution in [3.63, 3.8) is 0 Å². The van der Waals surface area contributed by atoms with Gasteiger partial charge in [0.25, 0.3) is 5.91 Å². The van der Waals surface area contributed by atoms with Crippen molar-refractivity contribution in [1.82, 2.24) is 15.1 Å². The van der Waals surface area contributed by atoms with E-state index in [0.717, 1.165) is 16.8 Å². The Hall–Kier alpha value is -2.21. The third-order valence-corrected chi connectivity index (χ3v) is 4.94. The van der Waals surface area contributed by atoms with Crippen molar-refractivity contribution in [2.75, 3.05) is 6.54 Å². The minimum absolute atomic E-state index is 0.0520. The second kappa shape index (κ2) is 5.70. The van der Waals surface area contributed by atoms with E-state index in [2.05, 4.69) is 10.2 Å². The van der Waals surface area contributed by atoms with Crippen LogP contribution in [-0.4, -0.2) is 33.7 Å². The van der Waals surface area contributed by atoms with Crippen LogP contribution >= 0.6 is 0 Å². The Kier molecular flexibility index (Phi) is 3.64. The van der Waals surface area contributed by atoms with Crippen molar-refractivity contribution in [3.05, 3.63) is 52.1 Å². The summed E-state index contributed by atoms with van der Waals surface area (Å²) in [6.45, 7) is 4.82. The lowest BCUT2D eigenvalue weighted by molar-refractivity contribution is -0.00702. The fraction of sp³-hybridized carbons (Fsp3) is 0.444. The van der Waals surface area contributed by atoms with E-state index in [0.29, 0.717) is 37.2 Å². The standard InChI is InChI=1S/C18H20FN3O2/c1-10-8-13-16(11(2)24-10)20-21-17(13)18(23)22-7-6-12-4-3-5-15(19)14(12)9-22/h3-5,10-11H,6-9H2,1-2H3,(H,20,21)/t10-,11+/m1/s1. The minimum Gasteiger partial charge on any atom is -0.369 e. The molecule has 5 nitrogen and oxygen atoms in total. The number of ether oxygens (including phenoxy) is 1. The van der Waals surface area contributed by atoms with Crippen LogP contribution in [0.25, 0.3) is 0 Å². The molecule has 0 radical (unpaired) electrons. The molecule has 2 aliphatic rings. The molecule has 0 bridgehead atoms. The van der Waals surface area contributed by atoms with Crippen LogP contribution in [0.3, 0.4) is 0 Å². The third kappa shape index (κ3) is 2.41. The van der Waals surface area contributed by atoms with Gasteiger partial charge in [0.05, 0.1) is 17.9 Å². The molecule has 126 valence electrons. The molecule has 1 aromatic heterocycles. The Morgan fingerprint density at radius 1 is 1.38 bits per heavy atom. The molecule has 0 saturated carbocycles. The zero-order valence-corrected chi connectivity index (χ0v) is 13.8. The molecule has 6 heteroatoms. The molecule has 0 saturated heterocycles. The highest BCUT2D eigenvalue weighted by atomic mass is 19.1. The highest BCUT2D eigenvalue weighted by Crippen LogP contribution is 2.31. The molecule has 0 aliphatic carbocycles. The zero-order chi connectivity index (χ0) is 16.8. The summed E-state index contributed by atoms with van der Waals surface area (Å²) in [7, 11) is 0. The van der Waals surface area contributed by atoms with E-state index < -0.39 is 0 Å². The molecule has 3 heterocycles. The number of halogens is 1. The number of amides is 1. The lowest BCUT2D eigenvalue weighted by atomic mass is 9.97. The quantitative estimate of drug-likeness (QED) is 0.875. The largest absolute Gasteiger partial charge is 0.369 e. The van der Waals surface area contributed by atoms with Gasteiger partial charge in [-0.1, -0.05) is 12.1 Å². The van der Waals surface area contributed by atoms with E-state index in [1.165, 1.54) is 6.07 Å². The highest BCUT2D eigenvalue weighted by Gasteiger charge is 2.32. The molecular weight excluding hydrogens is 309 g/mol. The summed E-state index contributed by atoms with van der Waals surface area (Å²) >= 11 is 0. The molecular formula is C18H20FN3O2. The summed E-state index contributed by atoms with van der Waals surface area (Å²) in [4.78, 5) is 14.6. The zero-order valence-electron chi connectivity index (χ0n) is 13.8. The fourth-order valence-corrected chi connectivity index (χ4v) is 3.71. The van der Waals surface area contributed by atoms with Gasteiger partial charge in [-0.05, 0) is 31.9 Å². The first-order valence-corrected chi connectivity index (χ1v) is 8.32. The van der Waals surface area contributed by atoms with Gasteiger partial charge in [-0.25, -0.2) is 4.39 Å². The first-order valence-electron chi connectivity index (χ1n) is 8.32. The second-order valence-electron chi connectivity index (χ2n) is 6.61. The van der Waals surface area contributed by atoms with Crippen molar-refractivity contribution in [2.45, 2.75) is 45.4 Å². The number of nitrogens with zero attached hydrogens (tertiary/aromatic N) is 2. The highest BCUT2D eigenvalue weighted by molar-refractivity contribution is 5.94. The number of H-pyrrole nitrogens is 1. The van der Waals surface area contributed by atoms with Gasteiger partial charge in [0, 0.05) is 30.6 Å². The number of hydrogen-bond acceptors (Lipinski definition) is 3.